The van der Waals surface area contributed by atoms with Crippen LogP contribution in [0.25, 0.3) is 0 Å². The molecule has 0 bridgehead atoms. The second-order valence-corrected chi connectivity index (χ2v) is 6.00. The van der Waals surface area contributed by atoms with Crippen LogP contribution in [0, 0.1) is 0 Å². The summed E-state index contributed by atoms with van der Waals surface area (Å²) < 4.78 is 31.3. The molecule has 96 valence electrons. The van der Waals surface area contributed by atoms with Crippen molar-refractivity contribution in [1.29, 1.82) is 0 Å². The summed E-state index contributed by atoms with van der Waals surface area (Å²) >= 11 is 11.6. The lowest BCUT2D eigenvalue weighted by Crippen LogP contribution is -2.35. The molecule has 0 heterocycles. The lowest BCUT2D eigenvalue weighted by atomic mass is 10.4. The van der Waals surface area contributed by atoms with Gasteiger partial charge in [0.25, 0.3) is 0 Å². The van der Waals surface area contributed by atoms with Crippen LogP contribution in [-0.4, -0.2) is 28.2 Å². The van der Waals surface area contributed by atoms with Crippen molar-refractivity contribution in [2.75, 3.05) is 13.7 Å². The van der Waals surface area contributed by atoms with Gasteiger partial charge in [-0.3, -0.25) is 0 Å². The third-order valence-electron chi connectivity index (χ3n) is 1.98. The predicted octanol–water partition coefficient (Wildman–Crippen LogP) is 2.31. The molecular weight excluding hydrogens is 285 g/mol. The third kappa shape index (κ3) is 3.82. The predicted molar refractivity (Wildman–Crippen MR) is 68.1 cm³/mol. The summed E-state index contributed by atoms with van der Waals surface area (Å²) in [6, 6.07) is 4.11. The van der Waals surface area contributed by atoms with Crippen LogP contribution in [0.5, 0.6) is 0 Å². The number of ether oxygens (including phenoxy) is 1. The summed E-state index contributed by atoms with van der Waals surface area (Å²) in [4.78, 5) is -0.0328. The summed E-state index contributed by atoms with van der Waals surface area (Å²) in [5.41, 5.74) is 0. The van der Waals surface area contributed by atoms with Crippen molar-refractivity contribution in [3.63, 3.8) is 0 Å². The Morgan fingerprint density at radius 2 is 2.06 bits per heavy atom. The van der Waals surface area contributed by atoms with Crippen LogP contribution in [0.2, 0.25) is 10.0 Å². The second-order valence-electron chi connectivity index (χ2n) is 3.53. The fraction of sp³-hybridized carbons (Fsp3) is 0.400. The van der Waals surface area contributed by atoms with Gasteiger partial charge in [-0.05, 0) is 19.1 Å². The van der Waals surface area contributed by atoms with Gasteiger partial charge < -0.3 is 4.74 Å². The number of halogens is 2. The van der Waals surface area contributed by atoms with Gasteiger partial charge in [0, 0.05) is 13.2 Å². The zero-order valence-corrected chi connectivity index (χ0v) is 11.7. The van der Waals surface area contributed by atoms with E-state index in [1.165, 1.54) is 25.3 Å². The number of rotatable bonds is 5. The molecule has 0 saturated heterocycles. The highest BCUT2D eigenvalue weighted by atomic mass is 35.5. The van der Waals surface area contributed by atoms with Crippen LogP contribution >= 0.6 is 23.2 Å². The highest BCUT2D eigenvalue weighted by Crippen LogP contribution is 2.28. The topological polar surface area (TPSA) is 55.4 Å². The Labute approximate surface area is 111 Å². The molecule has 4 nitrogen and oxygen atoms in total. The van der Waals surface area contributed by atoms with E-state index in [9.17, 15) is 8.42 Å². The maximum absolute atomic E-state index is 12.0. The molecule has 0 amide bonds. The van der Waals surface area contributed by atoms with Gasteiger partial charge in [-0.15, -0.1) is 0 Å². The lowest BCUT2D eigenvalue weighted by molar-refractivity contribution is 0.180. The normalized spacial score (nSPS) is 13.6. The number of hydrogen-bond donors (Lipinski definition) is 1. The fourth-order valence-corrected chi connectivity index (χ4v) is 3.29. The van der Waals surface area contributed by atoms with Crippen LogP contribution in [0.3, 0.4) is 0 Å². The van der Waals surface area contributed by atoms with E-state index in [1.807, 2.05) is 0 Å². The van der Waals surface area contributed by atoms with Crippen LogP contribution in [0.1, 0.15) is 6.92 Å². The molecule has 0 unspecified atom stereocenters. The third-order valence-corrected chi connectivity index (χ3v) is 4.54. The minimum absolute atomic E-state index is 0.0197. The summed E-state index contributed by atoms with van der Waals surface area (Å²) in [6.45, 7) is 1.97. The van der Waals surface area contributed by atoms with Gasteiger partial charge in [-0.25, -0.2) is 13.1 Å². The summed E-state index contributed by atoms with van der Waals surface area (Å²) in [5.74, 6) is 0. The molecule has 7 heteroatoms. The van der Waals surface area contributed by atoms with Crippen molar-refractivity contribution in [2.24, 2.45) is 0 Å². The minimum Gasteiger partial charge on any atom is -0.383 e. The van der Waals surface area contributed by atoms with E-state index in [-0.39, 0.29) is 27.6 Å². The van der Waals surface area contributed by atoms with Gasteiger partial charge in [0.05, 0.1) is 16.7 Å². The van der Waals surface area contributed by atoms with Crippen molar-refractivity contribution in [2.45, 2.75) is 17.9 Å². The van der Waals surface area contributed by atoms with Crippen LogP contribution in [-0.2, 0) is 14.8 Å². The standard InChI is InChI=1S/C10H13Cl2NO3S/c1-7(6-16-2)13-17(14,15)9-5-3-4-8(11)10(9)12/h3-5,7,13H,6H2,1-2H3/t7-/m1/s1. The monoisotopic (exact) mass is 297 g/mol. The van der Waals surface area contributed by atoms with E-state index in [4.69, 9.17) is 27.9 Å². The van der Waals surface area contributed by atoms with Gasteiger partial charge in [0.2, 0.25) is 10.0 Å². The molecule has 1 aromatic carbocycles. The summed E-state index contributed by atoms with van der Waals surface area (Å²) in [5, 5.41) is 0.222. The number of methoxy groups -OCH3 is 1. The van der Waals surface area contributed by atoms with Crippen LogP contribution < -0.4 is 4.72 Å². The van der Waals surface area contributed by atoms with E-state index < -0.39 is 10.0 Å². The molecule has 0 aromatic heterocycles. The Kier molecular flexibility index (Phi) is 5.22. The Hall–Kier alpha value is -0.330. The number of benzene rings is 1. The van der Waals surface area contributed by atoms with Crippen molar-refractivity contribution in [3.05, 3.63) is 28.2 Å². The Balaban J connectivity index is 3.02. The average Bonchev–Trinajstić information content (AvgIpc) is 2.21. The molecule has 0 aliphatic heterocycles. The van der Waals surface area contributed by atoms with Crippen molar-refractivity contribution in [3.8, 4) is 0 Å². The molecule has 17 heavy (non-hydrogen) atoms. The van der Waals surface area contributed by atoms with E-state index in [0.717, 1.165) is 0 Å². The Bertz CT molecular complexity index is 490. The SMILES string of the molecule is COC[C@@H](C)NS(=O)(=O)c1cccc(Cl)c1Cl. The van der Waals surface area contributed by atoms with Crippen molar-refractivity contribution in [1.82, 2.24) is 4.72 Å². The Morgan fingerprint density at radius 1 is 1.41 bits per heavy atom. The zero-order chi connectivity index (χ0) is 13.1. The van der Waals surface area contributed by atoms with Gasteiger partial charge in [-0.2, -0.15) is 0 Å². The number of hydrogen-bond acceptors (Lipinski definition) is 3. The number of nitrogens with one attached hydrogen (secondary N) is 1. The molecule has 0 fully saturated rings. The molecule has 1 N–H and O–H groups in total. The van der Waals surface area contributed by atoms with Crippen LogP contribution in [0.4, 0.5) is 0 Å². The summed E-state index contributed by atoms with van der Waals surface area (Å²) in [7, 11) is -2.18. The van der Waals surface area contributed by atoms with E-state index in [1.54, 1.807) is 6.92 Å². The maximum Gasteiger partial charge on any atom is 0.242 e. The average molecular weight is 298 g/mol. The first-order chi connectivity index (χ1) is 7.88. The van der Waals surface area contributed by atoms with Gasteiger partial charge in [0.1, 0.15) is 4.90 Å². The number of sulfonamides is 1. The molecule has 0 aliphatic carbocycles. The van der Waals surface area contributed by atoms with E-state index in [2.05, 4.69) is 4.72 Å². The quantitative estimate of drug-likeness (QED) is 0.907. The molecule has 0 saturated carbocycles. The largest absolute Gasteiger partial charge is 0.383 e. The lowest BCUT2D eigenvalue weighted by Gasteiger charge is -2.14. The van der Waals surface area contributed by atoms with Crippen molar-refractivity contribution < 1.29 is 13.2 Å². The molecule has 0 radical (unpaired) electrons. The maximum atomic E-state index is 12.0. The van der Waals surface area contributed by atoms with Gasteiger partial charge in [0.15, 0.2) is 0 Å². The van der Waals surface area contributed by atoms with Gasteiger partial charge in [-0.1, -0.05) is 29.3 Å². The first-order valence-electron chi connectivity index (χ1n) is 4.83. The zero-order valence-electron chi connectivity index (χ0n) is 9.41. The van der Waals surface area contributed by atoms with Crippen molar-refractivity contribution >= 4 is 33.2 Å². The van der Waals surface area contributed by atoms with Crippen LogP contribution in [0.15, 0.2) is 23.1 Å². The highest BCUT2D eigenvalue weighted by molar-refractivity contribution is 7.89. The molecule has 0 spiro atoms. The second kappa shape index (κ2) is 6.02. The first-order valence-corrected chi connectivity index (χ1v) is 7.07. The molecule has 1 atom stereocenters. The molecule has 0 aliphatic rings. The highest BCUT2D eigenvalue weighted by Gasteiger charge is 2.21. The molecule has 1 aromatic rings. The fourth-order valence-electron chi connectivity index (χ4n) is 1.30. The van der Waals surface area contributed by atoms with E-state index >= 15 is 0 Å². The minimum atomic E-state index is -3.68. The van der Waals surface area contributed by atoms with Gasteiger partial charge >= 0.3 is 0 Å². The molecular formula is C10H13Cl2NO3S. The first kappa shape index (κ1) is 14.7. The van der Waals surface area contributed by atoms with E-state index in [0.29, 0.717) is 0 Å². The Morgan fingerprint density at radius 3 is 2.65 bits per heavy atom. The smallest absolute Gasteiger partial charge is 0.242 e. The summed E-state index contributed by atoms with van der Waals surface area (Å²) in [6.07, 6.45) is 0. The molecule has 1 rings (SSSR count).